The van der Waals surface area contributed by atoms with Crippen molar-refractivity contribution in [1.82, 2.24) is 4.90 Å². The van der Waals surface area contributed by atoms with Gasteiger partial charge in [-0.15, -0.1) is 0 Å². The highest BCUT2D eigenvalue weighted by atomic mass is 16.4. The average molecular weight is 247 g/mol. The first-order chi connectivity index (χ1) is 8.66. The van der Waals surface area contributed by atoms with Gasteiger partial charge < -0.3 is 10.0 Å². The molecule has 0 aliphatic carbocycles. The molecular weight excluding hydrogens is 226 g/mol. The number of carboxylic acid groups (broad SMARTS) is 1. The lowest BCUT2D eigenvalue weighted by atomic mass is 9.87. The molecule has 0 bridgehead atoms. The molecule has 1 saturated heterocycles. The van der Waals surface area contributed by atoms with E-state index in [1.807, 2.05) is 13.0 Å². The minimum absolute atomic E-state index is 0.155. The van der Waals surface area contributed by atoms with Gasteiger partial charge in [0.2, 0.25) is 0 Å². The lowest BCUT2D eigenvalue weighted by Gasteiger charge is -2.34. The summed E-state index contributed by atoms with van der Waals surface area (Å²) in [5.74, 6) is -0.532. The molecule has 0 saturated carbocycles. The number of hydrogen-bond donors (Lipinski definition) is 1. The summed E-state index contributed by atoms with van der Waals surface area (Å²) >= 11 is 0. The molecule has 3 nitrogen and oxygen atoms in total. The Kier molecular flexibility index (Phi) is 4.37. The second-order valence-corrected chi connectivity index (χ2v) is 5.25. The van der Waals surface area contributed by atoms with E-state index in [0.717, 1.165) is 32.5 Å². The molecule has 2 atom stereocenters. The van der Waals surface area contributed by atoms with Crippen LogP contribution in [0, 0.1) is 11.8 Å². The molecule has 3 heteroatoms. The van der Waals surface area contributed by atoms with Crippen LogP contribution in [0.15, 0.2) is 30.3 Å². The SMILES string of the molecule is C[C@H]1CN(CCc2ccccc2)CC[C@H]1C(=O)O. The summed E-state index contributed by atoms with van der Waals surface area (Å²) in [5.41, 5.74) is 1.35. The Hall–Kier alpha value is -1.35. The number of hydrogen-bond acceptors (Lipinski definition) is 2. The zero-order chi connectivity index (χ0) is 13.0. The molecule has 18 heavy (non-hydrogen) atoms. The quantitative estimate of drug-likeness (QED) is 0.887. The van der Waals surface area contributed by atoms with Gasteiger partial charge in [0, 0.05) is 13.1 Å². The van der Waals surface area contributed by atoms with E-state index < -0.39 is 5.97 Å². The van der Waals surface area contributed by atoms with Crippen LogP contribution >= 0.6 is 0 Å². The Labute approximate surface area is 108 Å². The number of carbonyl (C=O) groups is 1. The molecule has 1 aliphatic rings. The third kappa shape index (κ3) is 3.33. The number of carboxylic acids is 1. The molecule has 0 amide bonds. The van der Waals surface area contributed by atoms with Crippen molar-refractivity contribution in [3.63, 3.8) is 0 Å². The summed E-state index contributed by atoms with van der Waals surface area (Å²) in [6.45, 7) is 4.89. The van der Waals surface area contributed by atoms with E-state index in [1.54, 1.807) is 0 Å². The number of likely N-dealkylation sites (tertiary alicyclic amines) is 1. The molecule has 1 aliphatic heterocycles. The summed E-state index contributed by atoms with van der Waals surface area (Å²) in [6, 6.07) is 10.5. The van der Waals surface area contributed by atoms with Gasteiger partial charge in [0.25, 0.3) is 0 Å². The molecule has 2 rings (SSSR count). The molecule has 1 N–H and O–H groups in total. The van der Waals surface area contributed by atoms with Gasteiger partial charge in [-0.2, -0.15) is 0 Å². The Balaban J connectivity index is 1.81. The Morgan fingerprint density at radius 1 is 1.39 bits per heavy atom. The maximum absolute atomic E-state index is 11.0. The zero-order valence-corrected chi connectivity index (χ0v) is 10.9. The highest BCUT2D eigenvalue weighted by molar-refractivity contribution is 5.70. The number of aliphatic carboxylic acids is 1. The molecule has 98 valence electrons. The standard InChI is InChI=1S/C15H21NO2/c1-12-11-16(10-8-14(12)15(17)18)9-7-13-5-3-2-4-6-13/h2-6,12,14H,7-11H2,1H3,(H,17,18)/t12-,14+/m0/s1. The van der Waals surface area contributed by atoms with Gasteiger partial charge >= 0.3 is 5.97 Å². The van der Waals surface area contributed by atoms with Gasteiger partial charge in [-0.25, -0.2) is 0 Å². The maximum atomic E-state index is 11.0. The first-order valence-electron chi connectivity index (χ1n) is 6.66. The van der Waals surface area contributed by atoms with E-state index in [4.69, 9.17) is 5.11 Å². The van der Waals surface area contributed by atoms with Crippen molar-refractivity contribution in [2.45, 2.75) is 19.8 Å². The van der Waals surface area contributed by atoms with Crippen LogP contribution in [-0.2, 0) is 11.2 Å². The van der Waals surface area contributed by atoms with E-state index in [9.17, 15) is 4.79 Å². The fourth-order valence-electron chi connectivity index (χ4n) is 2.73. The first-order valence-corrected chi connectivity index (χ1v) is 6.66. The summed E-state index contributed by atoms with van der Waals surface area (Å²) in [4.78, 5) is 13.4. The van der Waals surface area contributed by atoms with Crippen molar-refractivity contribution in [2.75, 3.05) is 19.6 Å². The largest absolute Gasteiger partial charge is 0.481 e. The highest BCUT2D eigenvalue weighted by Crippen LogP contribution is 2.23. The summed E-state index contributed by atoms with van der Waals surface area (Å²) in [7, 11) is 0. The van der Waals surface area contributed by atoms with Crippen molar-refractivity contribution in [1.29, 1.82) is 0 Å². The third-order valence-corrected chi connectivity index (χ3v) is 3.87. The van der Waals surface area contributed by atoms with Crippen molar-refractivity contribution in [3.05, 3.63) is 35.9 Å². The predicted octanol–water partition coefficient (Wildman–Crippen LogP) is 2.27. The smallest absolute Gasteiger partial charge is 0.306 e. The van der Waals surface area contributed by atoms with E-state index >= 15 is 0 Å². The molecule has 1 aromatic carbocycles. The normalized spacial score (nSPS) is 24.9. The van der Waals surface area contributed by atoms with E-state index in [0.29, 0.717) is 0 Å². The molecule has 1 fully saturated rings. The fraction of sp³-hybridized carbons (Fsp3) is 0.533. The van der Waals surface area contributed by atoms with Gasteiger partial charge in [-0.05, 0) is 30.9 Å². The second-order valence-electron chi connectivity index (χ2n) is 5.25. The fourth-order valence-corrected chi connectivity index (χ4v) is 2.73. The van der Waals surface area contributed by atoms with Gasteiger partial charge in [0.15, 0.2) is 0 Å². The van der Waals surface area contributed by atoms with Crippen LogP contribution in [0.1, 0.15) is 18.9 Å². The van der Waals surface area contributed by atoms with Crippen LogP contribution < -0.4 is 0 Å². The minimum atomic E-state index is -0.634. The predicted molar refractivity (Wildman–Crippen MR) is 71.5 cm³/mol. The van der Waals surface area contributed by atoms with Gasteiger partial charge in [0.1, 0.15) is 0 Å². The van der Waals surface area contributed by atoms with Crippen molar-refractivity contribution >= 4 is 5.97 Å². The molecule has 1 aromatic rings. The van der Waals surface area contributed by atoms with Crippen LogP contribution in [-0.4, -0.2) is 35.6 Å². The second kappa shape index (κ2) is 6.01. The van der Waals surface area contributed by atoms with Gasteiger partial charge in [0.05, 0.1) is 5.92 Å². The monoisotopic (exact) mass is 247 g/mol. The van der Waals surface area contributed by atoms with Crippen molar-refractivity contribution < 1.29 is 9.90 Å². The molecular formula is C15H21NO2. The lowest BCUT2D eigenvalue weighted by molar-refractivity contribution is -0.145. The van der Waals surface area contributed by atoms with Crippen LogP contribution in [0.2, 0.25) is 0 Å². The maximum Gasteiger partial charge on any atom is 0.306 e. The Morgan fingerprint density at radius 2 is 2.11 bits per heavy atom. The van der Waals surface area contributed by atoms with Gasteiger partial charge in [-0.1, -0.05) is 37.3 Å². The topological polar surface area (TPSA) is 40.5 Å². The van der Waals surface area contributed by atoms with Crippen LogP contribution in [0.3, 0.4) is 0 Å². The molecule has 0 aromatic heterocycles. The zero-order valence-electron chi connectivity index (χ0n) is 10.9. The number of nitrogens with zero attached hydrogens (tertiary/aromatic N) is 1. The third-order valence-electron chi connectivity index (χ3n) is 3.87. The van der Waals surface area contributed by atoms with Crippen molar-refractivity contribution in [3.8, 4) is 0 Å². The first kappa shape index (κ1) is 13.1. The van der Waals surface area contributed by atoms with Crippen LogP contribution in [0.5, 0.6) is 0 Å². The average Bonchev–Trinajstić information content (AvgIpc) is 2.37. The number of benzene rings is 1. The molecule has 0 radical (unpaired) electrons. The minimum Gasteiger partial charge on any atom is -0.481 e. The molecule has 0 spiro atoms. The lowest BCUT2D eigenvalue weighted by Crippen LogP contribution is -2.42. The van der Waals surface area contributed by atoms with E-state index in [-0.39, 0.29) is 11.8 Å². The Morgan fingerprint density at radius 3 is 2.72 bits per heavy atom. The summed E-state index contributed by atoms with van der Waals surface area (Å²) < 4.78 is 0. The molecule has 1 heterocycles. The highest BCUT2D eigenvalue weighted by Gasteiger charge is 2.30. The van der Waals surface area contributed by atoms with Gasteiger partial charge in [-0.3, -0.25) is 4.79 Å². The van der Waals surface area contributed by atoms with E-state index in [1.165, 1.54) is 5.56 Å². The van der Waals surface area contributed by atoms with E-state index in [2.05, 4.69) is 29.2 Å². The Bertz CT molecular complexity index is 391. The van der Waals surface area contributed by atoms with Crippen LogP contribution in [0.4, 0.5) is 0 Å². The van der Waals surface area contributed by atoms with Crippen molar-refractivity contribution in [2.24, 2.45) is 11.8 Å². The molecule has 0 unspecified atom stereocenters. The van der Waals surface area contributed by atoms with Crippen LogP contribution in [0.25, 0.3) is 0 Å². The summed E-state index contributed by atoms with van der Waals surface area (Å²) in [5, 5.41) is 9.08. The number of piperidine rings is 1. The summed E-state index contributed by atoms with van der Waals surface area (Å²) in [6.07, 6.45) is 1.83. The number of rotatable bonds is 4.